The normalized spacial score (nSPS) is 23.9. The largest absolute Gasteiger partial charge is 0.360 e. The number of piperidine rings is 1. The molecule has 4 heteroatoms. The molecule has 0 unspecified atom stereocenters. The molecule has 1 saturated heterocycles. The molecular formula is C14H27N3S. The van der Waals surface area contributed by atoms with Gasteiger partial charge in [0.05, 0.1) is 0 Å². The van der Waals surface area contributed by atoms with E-state index in [1.54, 1.807) is 0 Å². The molecule has 0 atom stereocenters. The number of thiocarbonyl (C=S) groups is 1. The van der Waals surface area contributed by atoms with Gasteiger partial charge in [-0.3, -0.25) is 0 Å². The quantitative estimate of drug-likeness (QED) is 0.775. The Kier molecular flexibility index (Phi) is 5.25. The van der Waals surface area contributed by atoms with Crippen LogP contribution in [0, 0.1) is 0 Å². The van der Waals surface area contributed by atoms with Crippen molar-refractivity contribution in [2.24, 2.45) is 0 Å². The summed E-state index contributed by atoms with van der Waals surface area (Å²) in [6.45, 7) is 2.39. The second-order valence-corrected chi connectivity index (χ2v) is 6.32. The third kappa shape index (κ3) is 3.82. The van der Waals surface area contributed by atoms with E-state index in [0.29, 0.717) is 12.1 Å². The Bertz CT molecular complexity index is 268. The summed E-state index contributed by atoms with van der Waals surface area (Å²) in [5.41, 5.74) is 0. The lowest BCUT2D eigenvalue weighted by atomic mass is 9.96. The van der Waals surface area contributed by atoms with Gasteiger partial charge >= 0.3 is 0 Å². The molecule has 1 heterocycles. The fourth-order valence-electron chi connectivity index (χ4n) is 3.07. The molecule has 1 aliphatic carbocycles. The molecule has 1 aliphatic heterocycles. The van der Waals surface area contributed by atoms with Crippen molar-refractivity contribution in [1.82, 2.24) is 15.1 Å². The Morgan fingerprint density at radius 3 is 2.33 bits per heavy atom. The fourth-order valence-corrected chi connectivity index (χ4v) is 3.39. The SMILES string of the molecule is CN1CCC(N(C)C(=S)NC2CCCCC2)CC1. The smallest absolute Gasteiger partial charge is 0.169 e. The predicted octanol–water partition coefficient (Wildman–Crippen LogP) is 2.22. The van der Waals surface area contributed by atoms with Gasteiger partial charge in [0.15, 0.2) is 5.11 Å². The highest BCUT2D eigenvalue weighted by molar-refractivity contribution is 7.80. The molecule has 1 saturated carbocycles. The Balaban J connectivity index is 1.77. The van der Waals surface area contributed by atoms with Crippen LogP contribution in [0.2, 0.25) is 0 Å². The molecule has 0 aromatic rings. The van der Waals surface area contributed by atoms with Crippen molar-refractivity contribution in [3.63, 3.8) is 0 Å². The van der Waals surface area contributed by atoms with Gasteiger partial charge in [0.1, 0.15) is 0 Å². The van der Waals surface area contributed by atoms with E-state index in [9.17, 15) is 0 Å². The summed E-state index contributed by atoms with van der Waals surface area (Å²) >= 11 is 5.57. The zero-order valence-corrected chi connectivity index (χ0v) is 12.6. The predicted molar refractivity (Wildman–Crippen MR) is 80.9 cm³/mol. The van der Waals surface area contributed by atoms with Gasteiger partial charge in [0, 0.05) is 19.1 Å². The molecule has 2 aliphatic rings. The molecule has 18 heavy (non-hydrogen) atoms. The molecule has 0 radical (unpaired) electrons. The van der Waals surface area contributed by atoms with Gasteiger partial charge in [0.2, 0.25) is 0 Å². The number of hydrogen-bond acceptors (Lipinski definition) is 2. The monoisotopic (exact) mass is 269 g/mol. The molecule has 1 N–H and O–H groups in total. The van der Waals surface area contributed by atoms with E-state index >= 15 is 0 Å². The van der Waals surface area contributed by atoms with E-state index in [0.717, 1.165) is 5.11 Å². The van der Waals surface area contributed by atoms with E-state index in [2.05, 4.69) is 29.2 Å². The lowest BCUT2D eigenvalue weighted by molar-refractivity contribution is 0.190. The van der Waals surface area contributed by atoms with Gasteiger partial charge in [0.25, 0.3) is 0 Å². The van der Waals surface area contributed by atoms with Crippen LogP contribution in [0.25, 0.3) is 0 Å². The number of hydrogen-bond donors (Lipinski definition) is 1. The van der Waals surface area contributed by atoms with Crippen LogP contribution in [0.15, 0.2) is 0 Å². The lowest BCUT2D eigenvalue weighted by Gasteiger charge is -2.37. The Morgan fingerprint density at radius 1 is 1.11 bits per heavy atom. The van der Waals surface area contributed by atoms with E-state index < -0.39 is 0 Å². The number of nitrogens with zero attached hydrogens (tertiary/aromatic N) is 2. The van der Waals surface area contributed by atoms with Crippen LogP contribution in [0.1, 0.15) is 44.9 Å². The van der Waals surface area contributed by atoms with Crippen LogP contribution in [0.4, 0.5) is 0 Å². The zero-order valence-electron chi connectivity index (χ0n) is 11.8. The van der Waals surface area contributed by atoms with Crippen LogP contribution >= 0.6 is 12.2 Å². The highest BCUT2D eigenvalue weighted by atomic mass is 32.1. The summed E-state index contributed by atoms with van der Waals surface area (Å²) in [4.78, 5) is 4.71. The first-order valence-electron chi connectivity index (χ1n) is 7.38. The first-order chi connectivity index (χ1) is 8.66. The molecular weight excluding hydrogens is 242 g/mol. The van der Waals surface area contributed by atoms with E-state index in [1.807, 2.05) is 0 Å². The van der Waals surface area contributed by atoms with E-state index in [-0.39, 0.29) is 0 Å². The van der Waals surface area contributed by atoms with Crippen molar-refractivity contribution in [3.8, 4) is 0 Å². The molecule has 104 valence electrons. The standard InChI is InChI=1S/C14H27N3S/c1-16-10-8-13(9-11-16)17(2)14(18)15-12-6-4-3-5-7-12/h12-13H,3-11H2,1-2H3,(H,15,18). The third-order valence-electron chi connectivity index (χ3n) is 4.49. The van der Waals surface area contributed by atoms with Crippen molar-refractivity contribution < 1.29 is 0 Å². The average Bonchev–Trinajstić information content (AvgIpc) is 2.40. The van der Waals surface area contributed by atoms with Crippen LogP contribution in [-0.4, -0.2) is 54.2 Å². The summed E-state index contributed by atoms with van der Waals surface area (Å²) in [5, 5.41) is 4.54. The number of nitrogens with one attached hydrogen (secondary N) is 1. The van der Waals surface area contributed by atoms with Crippen molar-refractivity contribution in [1.29, 1.82) is 0 Å². The van der Waals surface area contributed by atoms with Crippen molar-refractivity contribution in [2.45, 2.75) is 57.0 Å². The first kappa shape index (κ1) is 14.1. The minimum Gasteiger partial charge on any atom is -0.360 e. The maximum Gasteiger partial charge on any atom is 0.169 e. The summed E-state index contributed by atoms with van der Waals surface area (Å²) in [6.07, 6.45) is 9.17. The molecule has 0 aromatic carbocycles. The van der Waals surface area contributed by atoms with Gasteiger partial charge in [-0.25, -0.2) is 0 Å². The molecule has 0 aromatic heterocycles. The van der Waals surface area contributed by atoms with Crippen LogP contribution < -0.4 is 5.32 Å². The Morgan fingerprint density at radius 2 is 1.72 bits per heavy atom. The Labute approximate surface area is 117 Å². The van der Waals surface area contributed by atoms with Crippen molar-refractivity contribution >= 4 is 17.3 Å². The zero-order chi connectivity index (χ0) is 13.0. The minimum atomic E-state index is 0.625. The minimum absolute atomic E-state index is 0.625. The topological polar surface area (TPSA) is 18.5 Å². The van der Waals surface area contributed by atoms with E-state index in [4.69, 9.17) is 12.2 Å². The van der Waals surface area contributed by atoms with Gasteiger partial charge in [-0.05, 0) is 58.0 Å². The summed E-state index contributed by atoms with van der Waals surface area (Å²) in [6, 6.07) is 1.25. The highest BCUT2D eigenvalue weighted by Gasteiger charge is 2.23. The second kappa shape index (κ2) is 6.71. The Hall–Kier alpha value is -0.350. The van der Waals surface area contributed by atoms with Crippen LogP contribution in [0.3, 0.4) is 0 Å². The molecule has 0 amide bonds. The van der Waals surface area contributed by atoms with E-state index in [1.165, 1.54) is 58.0 Å². The number of likely N-dealkylation sites (tertiary alicyclic amines) is 1. The molecule has 2 fully saturated rings. The summed E-state index contributed by atoms with van der Waals surface area (Å²) in [7, 11) is 4.36. The molecule has 3 nitrogen and oxygen atoms in total. The van der Waals surface area contributed by atoms with Gasteiger partial charge in [-0.15, -0.1) is 0 Å². The average molecular weight is 269 g/mol. The highest BCUT2D eigenvalue weighted by Crippen LogP contribution is 2.19. The van der Waals surface area contributed by atoms with Gasteiger partial charge in [-0.2, -0.15) is 0 Å². The van der Waals surface area contributed by atoms with Crippen molar-refractivity contribution in [2.75, 3.05) is 27.2 Å². The van der Waals surface area contributed by atoms with Gasteiger partial charge in [-0.1, -0.05) is 19.3 Å². The third-order valence-corrected chi connectivity index (χ3v) is 4.89. The van der Waals surface area contributed by atoms with Crippen LogP contribution in [-0.2, 0) is 0 Å². The fraction of sp³-hybridized carbons (Fsp3) is 0.929. The summed E-state index contributed by atoms with van der Waals surface area (Å²) in [5.74, 6) is 0. The summed E-state index contributed by atoms with van der Waals surface area (Å²) < 4.78 is 0. The van der Waals surface area contributed by atoms with Crippen LogP contribution in [0.5, 0.6) is 0 Å². The first-order valence-corrected chi connectivity index (χ1v) is 7.79. The molecule has 0 bridgehead atoms. The molecule has 0 spiro atoms. The maximum atomic E-state index is 5.57. The maximum absolute atomic E-state index is 5.57. The molecule has 2 rings (SSSR count). The van der Waals surface area contributed by atoms with Crippen molar-refractivity contribution in [3.05, 3.63) is 0 Å². The number of rotatable bonds is 2. The lowest BCUT2D eigenvalue weighted by Crippen LogP contribution is -2.50. The van der Waals surface area contributed by atoms with Gasteiger partial charge < -0.3 is 15.1 Å². The second-order valence-electron chi connectivity index (χ2n) is 5.93.